The quantitative estimate of drug-likeness (QED) is 0.714. The lowest BCUT2D eigenvalue weighted by atomic mass is 10.1. The van der Waals surface area contributed by atoms with Gasteiger partial charge in [-0.25, -0.2) is 0 Å². The molecule has 0 spiro atoms. The zero-order chi connectivity index (χ0) is 17.5. The summed E-state index contributed by atoms with van der Waals surface area (Å²) in [6.07, 6.45) is -0.575. The standard InChI is InChI=1S/C19H24BrNO3/c1-13-6-4-5-7-18(13)24-12-16(22)11-21-14(2)15-8-9-19(23-3)17(20)10-15/h4-10,14,16,21-22H,11-12H2,1-3H3. The van der Waals surface area contributed by atoms with Crippen LogP contribution in [0.1, 0.15) is 24.1 Å². The maximum atomic E-state index is 10.1. The third kappa shape index (κ3) is 5.23. The van der Waals surface area contributed by atoms with Crippen molar-refractivity contribution in [2.45, 2.75) is 26.0 Å². The predicted octanol–water partition coefficient (Wildman–Crippen LogP) is 3.86. The Morgan fingerprint density at radius 2 is 1.92 bits per heavy atom. The maximum Gasteiger partial charge on any atom is 0.133 e. The molecule has 2 atom stereocenters. The van der Waals surface area contributed by atoms with Crippen molar-refractivity contribution in [3.05, 3.63) is 58.1 Å². The van der Waals surface area contributed by atoms with Crippen LogP contribution in [-0.2, 0) is 0 Å². The zero-order valence-corrected chi connectivity index (χ0v) is 15.8. The smallest absolute Gasteiger partial charge is 0.133 e. The summed E-state index contributed by atoms with van der Waals surface area (Å²) in [5.74, 6) is 1.61. The molecule has 0 heterocycles. The number of aliphatic hydroxyl groups is 1. The molecule has 2 aromatic rings. The molecule has 0 aliphatic rings. The summed E-state index contributed by atoms with van der Waals surface area (Å²) in [7, 11) is 1.65. The van der Waals surface area contributed by atoms with Crippen molar-refractivity contribution in [2.24, 2.45) is 0 Å². The van der Waals surface area contributed by atoms with Crippen LogP contribution in [0.4, 0.5) is 0 Å². The van der Waals surface area contributed by atoms with E-state index in [-0.39, 0.29) is 12.6 Å². The number of benzene rings is 2. The van der Waals surface area contributed by atoms with Gasteiger partial charge in [-0.05, 0) is 59.1 Å². The molecule has 0 aliphatic heterocycles. The van der Waals surface area contributed by atoms with Gasteiger partial charge in [0, 0.05) is 12.6 Å². The van der Waals surface area contributed by atoms with Gasteiger partial charge in [-0.2, -0.15) is 0 Å². The molecule has 0 saturated heterocycles. The van der Waals surface area contributed by atoms with Gasteiger partial charge in [-0.3, -0.25) is 0 Å². The molecular formula is C19H24BrNO3. The first kappa shape index (κ1) is 18.8. The Morgan fingerprint density at radius 3 is 2.58 bits per heavy atom. The second kappa shape index (κ2) is 9.06. The number of hydrogen-bond donors (Lipinski definition) is 2. The number of methoxy groups -OCH3 is 1. The fourth-order valence-electron chi connectivity index (χ4n) is 2.35. The van der Waals surface area contributed by atoms with Crippen molar-refractivity contribution in [3.63, 3.8) is 0 Å². The van der Waals surface area contributed by atoms with E-state index in [1.165, 1.54) is 0 Å². The lowest BCUT2D eigenvalue weighted by Gasteiger charge is -2.19. The van der Waals surface area contributed by atoms with Crippen molar-refractivity contribution in [1.82, 2.24) is 5.32 Å². The highest BCUT2D eigenvalue weighted by atomic mass is 79.9. The van der Waals surface area contributed by atoms with Crippen LogP contribution in [-0.4, -0.2) is 31.5 Å². The number of rotatable bonds is 8. The third-order valence-electron chi connectivity index (χ3n) is 3.86. The van der Waals surface area contributed by atoms with Crippen LogP contribution in [0, 0.1) is 6.92 Å². The number of nitrogens with one attached hydrogen (secondary N) is 1. The summed E-state index contributed by atoms with van der Waals surface area (Å²) >= 11 is 3.49. The van der Waals surface area contributed by atoms with Crippen LogP contribution < -0.4 is 14.8 Å². The van der Waals surface area contributed by atoms with E-state index in [1.807, 2.05) is 49.4 Å². The van der Waals surface area contributed by atoms with E-state index in [0.29, 0.717) is 6.54 Å². The minimum Gasteiger partial charge on any atom is -0.496 e. The molecule has 2 rings (SSSR count). The first-order chi connectivity index (χ1) is 11.5. The molecule has 2 N–H and O–H groups in total. The number of hydrogen-bond acceptors (Lipinski definition) is 4. The molecule has 24 heavy (non-hydrogen) atoms. The molecule has 2 unspecified atom stereocenters. The Kier molecular flexibility index (Phi) is 7.09. The Morgan fingerprint density at radius 1 is 1.17 bits per heavy atom. The van der Waals surface area contributed by atoms with E-state index in [2.05, 4.69) is 28.2 Å². The summed E-state index contributed by atoms with van der Waals surface area (Å²) in [5, 5.41) is 13.4. The Bertz CT molecular complexity index is 663. The lowest BCUT2D eigenvalue weighted by Crippen LogP contribution is -2.33. The summed E-state index contributed by atoms with van der Waals surface area (Å²) in [5.41, 5.74) is 2.18. The Balaban J connectivity index is 1.81. The molecule has 0 fully saturated rings. The Labute approximate surface area is 151 Å². The largest absolute Gasteiger partial charge is 0.496 e. The first-order valence-corrected chi connectivity index (χ1v) is 8.74. The molecule has 130 valence electrons. The van der Waals surface area contributed by atoms with E-state index >= 15 is 0 Å². The van der Waals surface area contributed by atoms with Crippen LogP contribution in [0.5, 0.6) is 11.5 Å². The summed E-state index contributed by atoms with van der Waals surface area (Å²) in [6.45, 7) is 4.76. The van der Waals surface area contributed by atoms with Crippen LogP contribution in [0.2, 0.25) is 0 Å². The van der Waals surface area contributed by atoms with Crippen LogP contribution in [0.3, 0.4) is 0 Å². The topological polar surface area (TPSA) is 50.7 Å². The molecule has 0 amide bonds. The molecule has 4 nitrogen and oxygen atoms in total. The number of halogens is 1. The highest BCUT2D eigenvalue weighted by Crippen LogP contribution is 2.27. The monoisotopic (exact) mass is 393 g/mol. The minimum atomic E-state index is -0.575. The molecule has 0 saturated carbocycles. The highest BCUT2D eigenvalue weighted by molar-refractivity contribution is 9.10. The zero-order valence-electron chi connectivity index (χ0n) is 14.3. The van der Waals surface area contributed by atoms with Gasteiger partial charge >= 0.3 is 0 Å². The fourth-order valence-corrected chi connectivity index (χ4v) is 2.90. The summed E-state index contributed by atoms with van der Waals surface area (Å²) < 4.78 is 11.8. The van der Waals surface area contributed by atoms with Crippen LogP contribution in [0.15, 0.2) is 46.9 Å². The van der Waals surface area contributed by atoms with Gasteiger partial charge in [0.1, 0.15) is 24.2 Å². The molecule has 0 aliphatic carbocycles. The second-order valence-electron chi connectivity index (χ2n) is 5.75. The predicted molar refractivity (Wildman–Crippen MR) is 99.8 cm³/mol. The first-order valence-electron chi connectivity index (χ1n) is 7.94. The van der Waals surface area contributed by atoms with Gasteiger partial charge in [-0.1, -0.05) is 24.3 Å². The Hall–Kier alpha value is -1.56. The van der Waals surface area contributed by atoms with Crippen molar-refractivity contribution < 1.29 is 14.6 Å². The maximum absolute atomic E-state index is 10.1. The van der Waals surface area contributed by atoms with Crippen LogP contribution >= 0.6 is 15.9 Å². The van der Waals surface area contributed by atoms with Gasteiger partial charge in [0.15, 0.2) is 0 Å². The SMILES string of the molecule is COc1ccc(C(C)NCC(O)COc2ccccc2C)cc1Br. The molecule has 0 radical (unpaired) electrons. The minimum absolute atomic E-state index is 0.111. The second-order valence-corrected chi connectivity index (χ2v) is 6.61. The molecule has 5 heteroatoms. The molecule has 2 aromatic carbocycles. The van der Waals surface area contributed by atoms with Gasteiger partial charge in [0.25, 0.3) is 0 Å². The number of para-hydroxylation sites is 1. The number of aliphatic hydroxyl groups excluding tert-OH is 1. The van der Waals surface area contributed by atoms with Crippen molar-refractivity contribution in [1.29, 1.82) is 0 Å². The summed E-state index contributed by atoms with van der Waals surface area (Å²) in [4.78, 5) is 0. The third-order valence-corrected chi connectivity index (χ3v) is 4.48. The van der Waals surface area contributed by atoms with Crippen molar-refractivity contribution in [3.8, 4) is 11.5 Å². The van der Waals surface area contributed by atoms with Crippen LogP contribution in [0.25, 0.3) is 0 Å². The van der Waals surface area contributed by atoms with E-state index in [9.17, 15) is 5.11 Å². The van der Waals surface area contributed by atoms with E-state index < -0.39 is 6.10 Å². The van der Waals surface area contributed by atoms with E-state index in [1.54, 1.807) is 7.11 Å². The molecular weight excluding hydrogens is 370 g/mol. The average Bonchev–Trinajstić information content (AvgIpc) is 2.58. The fraction of sp³-hybridized carbons (Fsp3) is 0.368. The van der Waals surface area contributed by atoms with Gasteiger partial charge in [0.2, 0.25) is 0 Å². The number of aryl methyl sites for hydroxylation is 1. The van der Waals surface area contributed by atoms with Crippen molar-refractivity contribution >= 4 is 15.9 Å². The van der Waals surface area contributed by atoms with Crippen molar-refractivity contribution in [2.75, 3.05) is 20.3 Å². The van der Waals surface area contributed by atoms with Gasteiger partial charge < -0.3 is 19.9 Å². The van der Waals surface area contributed by atoms with E-state index in [4.69, 9.17) is 9.47 Å². The normalized spacial score (nSPS) is 13.4. The molecule has 0 aromatic heterocycles. The number of ether oxygens (including phenoxy) is 2. The van der Waals surface area contributed by atoms with E-state index in [0.717, 1.165) is 27.1 Å². The highest BCUT2D eigenvalue weighted by Gasteiger charge is 2.11. The van der Waals surface area contributed by atoms with Gasteiger partial charge in [-0.15, -0.1) is 0 Å². The lowest BCUT2D eigenvalue weighted by molar-refractivity contribution is 0.104. The van der Waals surface area contributed by atoms with Gasteiger partial charge in [0.05, 0.1) is 11.6 Å². The summed E-state index contributed by atoms with van der Waals surface area (Å²) in [6, 6.07) is 13.9. The molecule has 0 bridgehead atoms. The average molecular weight is 394 g/mol.